The minimum Gasteiger partial charge on any atom is -0.367 e. The zero-order valence-electron chi connectivity index (χ0n) is 10.3. The van der Waals surface area contributed by atoms with E-state index in [4.69, 9.17) is 21.9 Å². The summed E-state index contributed by atoms with van der Waals surface area (Å²) in [6.07, 6.45) is 0. The highest BCUT2D eigenvalue weighted by molar-refractivity contribution is 14.1. The lowest BCUT2D eigenvalue weighted by atomic mass is 10.0. The average Bonchev–Trinajstić information content (AvgIpc) is 2.82. The molecule has 0 radical (unpaired) electrons. The number of rotatable bonds is 2. The fraction of sp³-hybridized carbons (Fsp3) is 0. The van der Waals surface area contributed by atoms with Crippen LogP contribution in [0.1, 0.15) is 0 Å². The van der Waals surface area contributed by atoms with Crippen LogP contribution in [0.2, 0.25) is 5.02 Å². The minimum atomic E-state index is 0.271. The first-order valence-electron chi connectivity index (χ1n) is 5.93. The van der Waals surface area contributed by atoms with Gasteiger partial charge in [0.15, 0.2) is 0 Å². The number of hydrogen-bond acceptors (Lipinski definition) is 3. The van der Waals surface area contributed by atoms with E-state index in [1.165, 1.54) is 0 Å². The Morgan fingerprint density at radius 3 is 2.35 bits per heavy atom. The van der Waals surface area contributed by atoms with Crippen LogP contribution in [0.5, 0.6) is 0 Å². The van der Waals surface area contributed by atoms with Gasteiger partial charge in [-0.1, -0.05) is 53.2 Å². The summed E-state index contributed by atoms with van der Waals surface area (Å²) in [5.41, 5.74) is 9.18. The van der Waals surface area contributed by atoms with Crippen molar-refractivity contribution in [1.29, 1.82) is 0 Å². The molecule has 3 nitrogen and oxygen atoms in total. The number of benzene rings is 2. The van der Waals surface area contributed by atoms with Crippen LogP contribution in [-0.4, -0.2) is 5.16 Å². The first-order chi connectivity index (χ1) is 9.68. The van der Waals surface area contributed by atoms with Crippen molar-refractivity contribution in [3.63, 3.8) is 0 Å². The monoisotopic (exact) mass is 396 g/mol. The van der Waals surface area contributed by atoms with Crippen molar-refractivity contribution in [2.24, 2.45) is 0 Å². The van der Waals surface area contributed by atoms with Crippen LogP contribution >= 0.6 is 34.2 Å². The van der Waals surface area contributed by atoms with Crippen LogP contribution in [0.25, 0.3) is 22.4 Å². The normalized spacial score (nSPS) is 10.7. The molecule has 3 rings (SSSR count). The van der Waals surface area contributed by atoms with Crippen molar-refractivity contribution in [1.82, 2.24) is 5.16 Å². The van der Waals surface area contributed by atoms with Gasteiger partial charge in [-0.2, -0.15) is 0 Å². The summed E-state index contributed by atoms with van der Waals surface area (Å²) >= 11 is 8.52. The van der Waals surface area contributed by atoms with Crippen molar-refractivity contribution < 1.29 is 4.52 Å². The number of hydrogen-bond donors (Lipinski definition) is 1. The van der Waals surface area contributed by atoms with E-state index in [0.29, 0.717) is 10.7 Å². The summed E-state index contributed by atoms with van der Waals surface area (Å²) in [6, 6.07) is 15.4. The lowest BCUT2D eigenvalue weighted by molar-refractivity contribution is 0.439. The fourth-order valence-electron chi connectivity index (χ4n) is 2.06. The molecule has 100 valence electrons. The molecular formula is C15H10ClIN2O. The van der Waals surface area contributed by atoms with Gasteiger partial charge in [-0.25, -0.2) is 0 Å². The topological polar surface area (TPSA) is 52.0 Å². The van der Waals surface area contributed by atoms with Crippen LogP contribution in [0.3, 0.4) is 0 Å². The Hall–Kier alpha value is -1.53. The largest absolute Gasteiger partial charge is 0.367 e. The molecule has 2 aromatic carbocycles. The van der Waals surface area contributed by atoms with Crippen molar-refractivity contribution in [2.75, 3.05) is 5.73 Å². The molecule has 0 bridgehead atoms. The maximum absolute atomic E-state index is 6.26. The van der Waals surface area contributed by atoms with E-state index in [-0.39, 0.29) is 5.88 Å². The quantitative estimate of drug-likeness (QED) is 0.630. The molecule has 0 amide bonds. The van der Waals surface area contributed by atoms with Crippen LogP contribution in [0, 0.1) is 3.57 Å². The number of nitrogen functional groups attached to an aromatic ring is 1. The Labute approximate surface area is 134 Å². The van der Waals surface area contributed by atoms with Crippen molar-refractivity contribution in [3.05, 3.63) is 57.1 Å². The summed E-state index contributed by atoms with van der Waals surface area (Å²) in [6.45, 7) is 0. The molecule has 5 heteroatoms. The van der Waals surface area contributed by atoms with Gasteiger partial charge < -0.3 is 10.3 Å². The first-order valence-corrected chi connectivity index (χ1v) is 7.39. The highest BCUT2D eigenvalue weighted by atomic mass is 127. The van der Waals surface area contributed by atoms with Gasteiger partial charge >= 0.3 is 0 Å². The maximum atomic E-state index is 6.26. The standard InChI is InChI=1S/C15H10ClIN2O/c16-11-7-3-1-5-9(11)13-14(19-20-15(13)18)10-6-2-4-8-12(10)17/h1-8H,18H2. The summed E-state index contributed by atoms with van der Waals surface area (Å²) < 4.78 is 6.26. The third-order valence-corrected chi connectivity index (χ3v) is 4.26. The molecule has 0 spiro atoms. The summed E-state index contributed by atoms with van der Waals surface area (Å²) in [7, 11) is 0. The van der Waals surface area contributed by atoms with Gasteiger partial charge in [0.25, 0.3) is 0 Å². The lowest BCUT2D eigenvalue weighted by Gasteiger charge is -2.06. The van der Waals surface area contributed by atoms with E-state index in [2.05, 4.69) is 27.7 Å². The third-order valence-electron chi connectivity index (χ3n) is 2.99. The van der Waals surface area contributed by atoms with E-state index in [1.807, 2.05) is 48.5 Å². The second-order valence-electron chi connectivity index (χ2n) is 4.23. The molecule has 0 aliphatic carbocycles. The van der Waals surface area contributed by atoms with Crippen molar-refractivity contribution in [3.8, 4) is 22.4 Å². The van der Waals surface area contributed by atoms with Gasteiger partial charge in [-0.05, 0) is 34.7 Å². The van der Waals surface area contributed by atoms with Gasteiger partial charge in [0.05, 0.1) is 5.56 Å². The first kappa shape index (κ1) is 13.5. The number of anilines is 1. The minimum absolute atomic E-state index is 0.271. The second kappa shape index (κ2) is 5.46. The summed E-state index contributed by atoms with van der Waals surface area (Å²) in [5.74, 6) is 0.271. The third kappa shape index (κ3) is 2.29. The Bertz CT molecular complexity index is 770. The van der Waals surface area contributed by atoms with Crippen LogP contribution in [0.4, 0.5) is 5.88 Å². The molecule has 0 aliphatic heterocycles. The second-order valence-corrected chi connectivity index (χ2v) is 5.80. The van der Waals surface area contributed by atoms with E-state index in [0.717, 1.165) is 20.3 Å². The average molecular weight is 397 g/mol. The summed E-state index contributed by atoms with van der Waals surface area (Å²) in [5, 5.41) is 4.72. The highest BCUT2D eigenvalue weighted by Gasteiger charge is 2.20. The Morgan fingerprint density at radius 2 is 1.65 bits per heavy atom. The Balaban J connectivity index is 2.26. The van der Waals surface area contributed by atoms with E-state index >= 15 is 0 Å². The van der Waals surface area contributed by atoms with Crippen molar-refractivity contribution >= 4 is 40.1 Å². The van der Waals surface area contributed by atoms with Gasteiger partial charge in [0.1, 0.15) is 5.69 Å². The zero-order chi connectivity index (χ0) is 14.1. The SMILES string of the molecule is Nc1onc(-c2ccccc2I)c1-c1ccccc1Cl. The number of nitrogens with zero attached hydrogens (tertiary/aromatic N) is 1. The number of halogens is 2. The van der Waals surface area contributed by atoms with Gasteiger partial charge in [0, 0.05) is 19.7 Å². The molecule has 20 heavy (non-hydrogen) atoms. The van der Waals surface area contributed by atoms with Crippen LogP contribution in [0.15, 0.2) is 53.1 Å². The molecule has 0 saturated carbocycles. The van der Waals surface area contributed by atoms with Gasteiger partial charge in [-0.3, -0.25) is 0 Å². The molecule has 0 unspecified atom stereocenters. The maximum Gasteiger partial charge on any atom is 0.230 e. The van der Waals surface area contributed by atoms with E-state index in [1.54, 1.807) is 0 Å². The van der Waals surface area contributed by atoms with Gasteiger partial charge in [0.2, 0.25) is 5.88 Å². The molecule has 0 saturated heterocycles. The number of aromatic nitrogens is 1. The predicted molar refractivity (Wildman–Crippen MR) is 89.5 cm³/mol. The van der Waals surface area contributed by atoms with Crippen LogP contribution in [-0.2, 0) is 0 Å². The molecule has 3 aromatic rings. The predicted octanol–water partition coefficient (Wildman–Crippen LogP) is 4.85. The molecular weight excluding hydrogens is 387 g/mol. The molecule has 2 N–H and O–H groups in total. The highest BCUT2D eigenvalue weighted by Crippen LogP contribution is 2.40. The van der Waals surface area contributed by atoms with Crippen molar-refractivity contribution in [2.45, 2.75) is 0 Å². The fourth-order valence-corrected chi connectivity index (χ4v) is 2.94. The Kier molecular flexibility index (Phi) is 3.67. The van der Waals surface area contributed by atoms with Crippen LogP contribution < -0.4 is 5.73 Å². The van der Waals surface area contributed by atoms with Gasteiger partial charge in [-0.15, -0.1) is 0 Å². The molecule has 1 aromatic heterocycles. The molecule has 0 aliphatic rings. The zero-order valence-corrected chi connectivity index (χ0v) is 13.2. The van der Waals surface area contributed by atoms with E-state index in [9.17, 15) is 0 Å². The molecule has 0 fully saturated rings. The smallest absolute Gasteiger partial charge is 0.230 e. The van der Waals surface area contributed by atoms with E-state index < -0.39 is 0 Å². The lowest BCUT2D eigenvalue weighted by Crippen LogP contribution is -1.90. The summed E-state index contributed by atoms with van der Waals surface area (Å²) in [4.78, 5) is 0. The Morgan fingerprint density at radius 1 is 1.00 bits per heavy atom. The molecule has 1 heterocycles. The molecule has 0 atom stereocenters. The number of nitrogens with two attached hydrogens (primary N) is 1.